The SMILES string of the molecule is CC[C@@]1(O)C(=O)OCc2c1cc1n(c2=O)Cc2c-1nc1cc(F)c(C)c3c1c2[C@@H](NC(=O)C(=NN)C(CO)=NC(C)C)CC3. The van der Waals surface area contributed by atoms with Crippen molar-refractivity contribution in [3.05, 3.63) is 61.7 Å². The molecule has 2 atom stereocenters. The fourth-order valence-corrected chi connectivity index (χ4v) is 6.68. The molecule has 0 saturated heterocycles. The third kappa shape index (κ3) is 4.25. The Kier molecular flexibility index (Phi) is 7.12. The first-order valence-electron chi connectivity index (χ1n) is 14.5. The molecule has 3 aromatic rings. The molecule has 44 heavy (non-hydrogen) atoms. The van der Waals surface area contributed by atoms with Gasteiger partial charge in [0.2, 0.25) is 0 Å². The van der Waals surface area contributed by atoms with Crippen LogP contribution in [0.1, 0.15) is 73.0 Å². The van der Waals surface area contributed by atoms with Crippen LogP contribution in [0.25, 0.3) is 22.3 Å². The number of nitrogens with zero attached hydrogens (tertiary/aromatic N) is 4. The first kappa shape index (κ1) is 29.6. The first-order valence-corrected chi connectivity index (χ1v) is 14.5. The Morgan fingerprint density at radius 2 is 2.05 bits per heavy atom. The Morgan fingerprint density at radius 1 is 1.30 bits per heavy atom. The Labute approximate surface area is 251 Å². The van der Waals surface area contributed by atoms with E-state index in [1.807, 2.05) is 0 Å². The number of nitrogens with one attached hydrogen (secondary N) is 1. The summed E-state index contributed by atoms with van der Waals surface area (Å²) in [4.78, 5) is 49.0. The van der Waals surface area contributed by atoms with Crippen LogP contribution < -0.4 is 16.7 Å². The summed E-state index contributed by atoms with van der Waals surface area (Å²) in [7, 11) is 0. The van der Waals surface area contributed by atoms with Gasteiger partial charge in [0.1, 0.15) is 12.4 Å². The normalized spacial score (nSPS) is 20.8. The molecule has 2 aromatic heterocycles. The van der Waals surface area contributed by atoms with Gasteiger partial charge in [-0.3, -0.25) is 14.6 Å². The van der Waals surface area contributed by atoms with Crippen molar-refractivity contribution in [3.8, 4) is 11.4 Å². The number of aromatic nitrogens is 2. The number of ether oxygens (including phenoxy) is 1. The van der Waals surface area contributed by atoms with Crippen molar-refractivity contribution in [3.63, 3.8) is 0 Å². The van der Waals surface area contributed by atoms with E-state index in [0.29, 0.717) is 51.8 Å². The zero-order valence-corrected chi connectivity index (χ0v) is 24.8. The second kappa shape index (κ2) is 10.6. The molecule has 2 aliphatic heterocycles. The molecule has 1 aromatic carbocycles. The van der Waals surface area contributed by atoms with Gasteiger partial charge in [0.25, 0.3) is 11.5 Å². The van der Waals surface area contributed by atoms with Gasteiger partial charge < -0.3 is 30.7 Å². The van der Waals surface area contributed by atoms with Gasteiger partial charge in [-0.05, 0) is 62.8 Å². The number of halogens is 1. The minimum atomic E-state index is -2.00. The number of fused-ring (bicyclic) bond motifs is 5. The van der Waals surface area contributed by atoms with Crippen LogP contribution >= 0.6 is 0 Å². The predicted octanol–water partition coefficient (Wildman–Crippen LogP) is 1.79. The lowest BCUT2D eigenvalue weighted by Gasteiger charge is -2.31. The lowest BCUT2D eigenvalue weighted by molar-refractivity contribution is -0.172. The maximum atomic E-state index is 15.2. The molecule has 5 N–H and O–H groups in total. The number of carbonyl (C=O) groups is 2. The number of hydrazone groups is 1. The topological polar surface area (TPSA) is 181 Å². The Morgan fingerprint density at radius 3 is 2.70 bits per heavy atom. The van der Waals surface area contributed by atoms with Crippen molar-refractivity contribution >= 4 is 34.2 Å². The van der Waals surface area contributed by atoms with Gasteiger partial charge in [0.05, 0.1) is 47.4 Å². The first-order chi connectivity index (χ1) is 20.9. The van der Waals surface area contributed by atoms with E-state index in [0.717, 1.165) is 5.56 Å². The molecular weight excluding hydrogens is 571 g/mol. The minimum absolute atomic E-state index is 0.00604. The van der Waals surface area contributed by atoms with Crippen molar-refractivity contribution in [2.45, 2.75) is 77.8 Å². The Hall–Kier alpha value is -4.49. The summed E-state index contributed by atoms with van der Waals surface area (Å²) in [5.74, 6) is 3.68. The highest BCUT2D eigenvalue weighted by Crippen LogP contribution is 2.45. The quantitative estimate of drug-likeness (QED) is 0.111. The zero-order valence-electron chi connectivity index (χ0n) is 24.8. The fourth-order valence-electron chi connectivity index (χ4n) is 6.68. The number of aliphatic hydroxyl groups excluding tert-OH is 1. The van der Waals surface area contributed by atoms with Crippen molar-refractivity contribution in [1.82, 2.24) is 14.9 Å². The largest absolute Gasteiger partial charge is 0.458 e. The van der Waals surface area contributed by atoms with Gasteiger partial charge in [0.15, 0.2) is 11.3 Å². The number of aryl methyl sites for hydroxylation is 1. The third-order valence-electron chi connectivity index (χ3n) is 8.86. The van der Waals surface area contributed by atoms with E-state index < -0.39 is 41.5 Å². The van der Waals surface area contributed by atoms with Gasteiger partial charge in [0, 0.05) is 28.6 Å². The number of aliphatic imine (C=N–C) groups is 1. The van der Waals surface area contributed by atoms with E-state index in [1.165, 1.54) is 10.6 Å². The molecule has 1 amide bonds. The van der Waals surface area contributed by atoms with E-state index in [-0.39, 0.29) is 48.2 Å². The number of hydrogen-bond donors (Lipinski definition) is 4. The van der Waals surface area contributed by atoms with Crippen LogP contribution in [0.5, 0.6) is 0 Å². The number of esters is 1. The average molecular weight is 605 g/mol. The lowest BCUT2D eigenvalue weighted by atomic mass is 9.81. The number of pyridine rings is 2. The van der Waals surface area contributed by atoms with Gasteiger partial charge in [-0.25, -0.2) is 14.2 Å². The summed E-state index contributed by atoms with van der Waals surface area (Å²) in [6, 6.07) is 2.10. The summed E-state index contributed by atoms with van der Waals surface area (Å²) in [6.07, 6.45) is 0.848. The maximum absolute atomic E-state index is 15.2. The number of nitrogens with two attached hydrogens (primary N) is 1. The van der Waals surface area contributed by atoms with Crippen LogP contribution in [0.15, 0.2) is 27.0 Å². The summed E-state index contributed by atoms with van der Waals surface area (Å²) >= 11 is 0. The zero-order chi connectivity index (χ0) is 31.7. The molecule has 0 spiro atoms. The van der Waals surface area contributed by atoms with Crippen molar-refractivity contribution < 1.29 is 28.9 Å². The molecule has 6 rings (SSSR count). The van der Waals surface area contributed by atoms with E-state index in [1.54, 1.807) is 33.8 Å². The van der Waals surface area contributed by atoms with E-state index in [4.69, 9.17) is 15.6 Å². The Balaban J connectivity index is 1.55. The molecule has 12 nitrogen and oxygen atoms in total. The minimum Gasteiger partial charge on any atom is -0.458 e. The summed E-state index contributed by atoms with van der Waals surface area (Å²) < 4.78 is 21.8. The second-order valence-corrected chi connectivity index (χ2v) is 11.7. The monoisotopic (exact) mass is 604 g/mol. The van der Waals surface area contributed by atoms with Crippen LogP contribution in [-0.2, 0) is 39.5 Å². The summed E-state index contributed by atoms with van der Waals surface area (Å²) in [5, 5.41) is 28.4. The molecule has 0 unspecified atom stereocenters. The van der Waals surface area contributed by atoms with Crippen molar-refractivity contribution in [2.75, 3.05) is 6.61 Å². The summed E-state index contributed by atoms with van der Waals surface area (Å²) in [5.41, 5.74) is 1.47. The number of benzene rings is 1. The smallest absolute Gasteiger partial charge is 0.343 e. The standard InChI is InChI=1S/C31H33FN6O6/c1-5-31(43)18-8-23-26-16(10-38(23)29(41)17(18)12-44-30(31)42)25-20(36-28(40)27(37-33)22(11-39)34-13(2)3)7-6-15-14(4)19(32)9-21(35-26)24(15)25/h8-9,13,20,39,43H,5-7,10-12,33H2,1-4H3,(H,36,40)/t20-,31-/m0/s1. The van der Waals surface area contributed by atoms with Gasteiger partial charge in [-0.1, -0.05) is 6.92 Å². The van der Waals surface area contributed by atoms with Crippen molar-refractivity contribution in [1.29, 1.82) is 0 Å². The summed E-state index contributed by atoms with van der Waals surface area (Å²) in [6.45, 7) is 6.20. The molecule has 13 heteroatoms. The van der Waals surface area contributed by atoms with E-state index >= 15 is 4.39 Å². The molecule has 0 radical (unpaired) electrons. The molecule has 0 fully saturated rings. The fraction of sp³-hybridized carbons (Fsp3) is 0.419. The van der Waals surface area contributed by atoms with E-state index in [9.17, 15) is 24.6 Å². The predicted molar refractivity (Wildman–Crippen MR) is 160 cm³/mol. The average Bonchev–Trinajstić information content (AvgIpc) is 3.36. The lowest BCUT2D eigenvalue weighted by Crippen LogP contribution is -2.44. The highest BCUT2D eigenvalue weighted by atomic mass is 19.1. The number of cyclic esters (lactones) is 1. The number of rotatable bonds is 6. The van der Waals surface area contributed by atoms with Gasteiger partial charge in [-0.15, -0.1) is 0 Å². The molecular formula is C31H33FN6O6. The van der Waals surface area contributed by atoms with E-state index in [2.05, 4.69) is 15.4 Å². The number of amides is 1. The van der Waals surface area contributed by atoms with Crippen LogP contribution in [0, 0.1) is 12.7 Å². The second-order valence-electron chi connectivity index (χ2n) is 11.7. The molecule has 0 saturated carbocycles. The van der Waals surface area contributed by atoms with Gasteiger partial charge in [-0.2, -0.15) is 5.10 Å². The highest BCUT2D eigenvalue weighted by Gasteiger charge is 2.46. The molecule has 1 aliphatic carbocycles. The number of aliphatic hydroxyl groups is 2. The van der Waals surface area contributed by atoms with Crippen LogP contribution in [-0.4, -0.2) is 55.7 Å². The molecule has 3 aliphatic rings. The van der Waals surface area contributed by atoms with Gasteiger partial charge >= 0.3 is 5.97 Å². The van der Waals surface area contributed by atoms with Crippen LogP contribution in [0.2, 0.25) is 0 Å². The van der Waals surface area contributed by atoms with Crippen LogP contribution in [0.3, 0.4) is 0 Å². The molecule has 230 valence electrons. The number of carbonyl (C=O) groups excluding carboxylic acids is 2. The Bertz CT molecular complexity index is 1900. The maximum Gasteiger partial charge on any atom is 0.343 e. The molecule has 0 bridgehead atoms. The van der Waals surface area contributed by atoms with Crippen molar-refractivity contribution in [2.24, 2.45) is 15.9 Å². The highest BCUT2D eigenvalue weighted by molar-refractivity contribution is 6.67. The van der Waals surface area contributed by atoms with Crippen LogP contribution in [0.4, 0.5) is 4.39 Å². The molecule has 4 heterocycles. The number of hydrogen-bond acceptors (Lipinski definition) is 10. The third-order valence-corrected chi connectivity index (χ3v) is 8.86.